The lowest BCUT2D eigenvalue weighted by atomic mass is 10.0. The standard InChI is InChI=1S/C37H50FN5O7/c1-23-15-40(31(16-41(23)36(46)50-37(4,5)6)17-42-29-11-12-30(42)21-47-20-29)18-34(45)43-24(2)19-49-35-33(43)14-27(32(39-35)22-48-25(3)44)13-26-7-9-28(38)10-8-26/h7-10,14,23-24,29-31H,11-13,15-22H2,1-6H3/t23-,24+,29?,30?,31-/m1/s1. The van der Waals surface area contributed by atoms with Gasteiger partial charge in [-0.2, -0.15) is 0 Å². The Morgan fingerprint density at radius 1 is 1.00 bits per heavy atom. The summed E-state index contributed by atoms with van der Waals surface area (Å²) in [6.07, 6.45) is 2.21. The first kappa shape index (κ1) is 36.0. The Bertz CT molecular complexity index is 1550. The fourth-order valence-electron chi connectivity index (χ4n) is 7.56. The van der Waals surface area contributed by atoms with Crippen LogP contribution in [0.2, 0.25) is 0 Å². The normalized spacial score (nSPS) is 25.5. The number of nitrogens with zero attached hydrogens (tertiary/aromatic N) is 5. The third-order valence-corrected chi connectivity index (χ3v) is 10.0. The number of ether oxygens (including phenoxy) is 4. The smallest absolute Gasteiger partial charge is 0.410 e. The van der Waals surface area contributed by atoms with Crippen molar-refractivity contribution in [1.29, 1.82) is 0 Å². The van der Waals surface area contributed by atoms with Crippen LogP contribution in [0.25, 0.3) is 0 Å². The van der Waals surface area contributed by atoms with Crippen LogP contribution in [0, 0.1) is 5.82 Å². The van der Waals surface area contributed by atoms with Crippen molar-refractivity contribution in [3.8, 4) is 5.88 Å². The topological polar surface area (TPSA) is 114 Å². The molecule has 2 aromatic rings. The predicted octanol–water partition coefficient (Wildman–Crippen LogP) is 4.16. The first-order chi connectivity index (χ1) is 23.8. The lowest BCUT2D eigenvalue weighted by Crippen LogP contribution is -2.65. The van der Waals surface area contributed by atoms with Gasteiger partial charge < -0.3 is 28.7 Å². The van der Waals surface area contributed by atoms with E-state index < -0.39 is 11.6 Å². The molecule has 5 atom stereocenters. The quantitative estimate of drug-likeness (QED) is 0.373. The van der Waals surface area contributed by atoms with Gasteiger partial charge in [-0.25, -0.2) is 14.2 Å². The van der Waals surface area contributed by atoms with E-state index in [1.165, 1.54) is 19.1 Å². The Balaban J connectivity index is 1.27. The van der Waals surface area contributed by atoms with E-state index in [1.54, 1.807) is 17.0 Å². The third-order valence-electron chi connectivity index (χ3n) is 10.0. The zero-order valence-electron chi connectivity index (χ0n) is 30.0. The number of amides is 2. The second-order valence-corrected chi connectivity index (χ2v) is 15.1. The fraction of sp³-hybridized carbons (Fsp3) is 0.622. The lowest BCUT2D eigenvalue weighted by Gasteiger charge is -2.48. The molecular weight excluding hydrogens is 645 g/mol. The maximum absolute atomic E-state index is 14.5. The van der Waals surface area contributed by atoms with E-state index in [1.807, 2.05) is 45.6 Å². The highest BCUT2D eigenvalue weighted by atomic mass is 19.1. The summed E-state index contributed by atoms with van der Waals surface area (Å²) in [7, 11) is 0. The van der Waals surface area contributed by atoms with Crippen LogP contribution in [0.1, 0.15) is 71.2 Å². The van der Waals surface area contributed by atoms with Crippen molar-refractivity contribution < 1.29 is 37.7 Å². The highest BCUT2D eigenvalue weighted by molar-refractivity contribution is 5.97. The molecule has 0 radical (unpaired) electrons. The summed E-state index contributed by atoms with van der Waals surface area (Å²) in [4.78, 5) is 52.6. The first-order valence-corrected chi connectivity index (χ1v) is 17.7. The lowest BCUT2D eigenvalue weighted by molar-refractivity contribution is -0.142. The molecule has 0 N–H and O–H groups in total. The number of carbonyl (C=O) groups is 3. The number of carbonyl (C=O) groups excluding carboxylic acids is 3. The zero-order chi connectivity index (χ0) is 35.7. The minimum atomic E-state index is -0.621. The molecule has 2 amide bonds. The van der Waals surface area contributed by atoms with Gasteiger partial charge in [-0.05, 0) is 83.2 Å². The average molecular weight is 696 g/mol. The van der Waals surface area contributed by atoms with Crippen LogP contribution in [0.5, 0.6) is 5.88 Å². The van der Waals surface area contributed by atoms with Crippen LogP contribution < -0.4 is 9.64 Å². The van der Waals surface area contributed by atoms with Crippen molar-refractivity contribution in [1.82, 2.24) is 19.7 Å². The fourth-order valence-corrected chi connectivity index (χ4v) is 7.56. The highest BCUT2D eigenvalue weighted by Gasteiger charge is 2.44. The van der Waals surface area contributed by atoms with Gasteiger partial charge in [-0.3, -0.25) is 19.4 Å². The molecule has 2 unspecified atom stereocenters. The molecule has 6 rings (SSSR count). The van der Waals surface area contributed by atoms with Crippen molar-refractivity contribution in [2.75, 3.05) is 50.9 Å². The highest BCUT2D eigenvalue weighted by Crippen LogP contribution is 2.36. The number of esters is 1. The molecule has 1 aromatic heterocycles. The Hall–Kier alpha value is -3.81. The summed E-state index contributed by atoms with van der Waals surface area (Å²) in [5.74, 6) is -0.579. The molecule has 4 aliphatic rings. The summed E-state index contributed by atoms with van der Waals surface area (Å²) >= 11 is 0. The summed E-state index contributed by atoms with van der Waals surface area (Å²) in [5, 5.41) is 0. The molecule has 1 aromatic carbocycles. The maximum Gasteiger partial charge on any atom is 0.410 e. The second kappa shape index (κ2) is 14.8. The van der Waals surface area contributed by atoms with Gasteiger partial charge in [0.15, 0.2) is 0 Å². The summed E-state index contributed by atoms with van der Waals surface area (Å²) < 4.78 is 36.7. The molecule has 3 fully saturated rings. The molecule has 50 heavy (non-hydrogen) atoms. The van der Waals surface area contributed by atoms with Gasteiger partial charge in [0.1, 0.15) is 30.3 Å². The summed E-state index contributed by atoms with van der Waals surface area (Å²) in [5.41, 5.74) is 2.02. The van der Waals surface area contributed by atoms with Crippen LogP contribution in [-0.2, 0) is 36.8 Å². The molecule has 3 saturated heterocycles. The molecule has 2 bridgehead atoms. The van der Waals surface area contributed by atoms with Gasteiger partial charge in [0.05, 0.1) is 31.5 Å². The van der Waals surface area contributed by atoms with Gasteiger partial charge in [0.2, 0.25) is 11.8 Å². The number of rotatable bonds is 8. The Morgan fingerprint density at radius 2 is 1.70 bits per heavy atom. The van der Waals surface area contributed by atoms with Gasteiger partial charge in [0.25, 0.3) is 0 Å². The van der Waals surface area contributed by atoms with E-state index in [0.29, 0.717) is 62.1 Å². The molecule has 12 nitrogen and oxygen atoms in total. The number of hydrogen-bond acceptors (Lipinski definition) is 10. The van der Waals surface area contributed by atoms with Crippen molar-refractivity contribution in [3.63, 3.8) is 0 Å². The molecule has 4 aliphatic heterocycles. The number of aromatic nitrogens is 1. The number of fused-ring (bicyclic) bond motifs is 3. The Kier molecular flexibility index (Phi) is 10.7. The Labute approximate surface area is 293 Å². The largest absolute Gasteiger partial charge is 0.474 e. The predicted molar refractivity (Wildman–Crippen MR) is 183 cm³/mol. The van der Waals surface area contributed by atoms with Crippen molar-refractivity contribution in [2.45, 2.75) is 103 Å². The van der Waals surface area contributed by atoms with Crippen molar-refractivity contribution in [2.24, 2.45) is 0 Å². The van der Waals surface area contributed by atoms with Gasteiger partial charge >= 0.3 is 12.1 Å². The zero-order valence-corrected chi connectivity index (χ0v) is 30.0. The number of hydrogen-bond donors (Lipinski definition) is 0. The van der Waals surface area contributed by atoms with E-state index >= 15 is 0 Å². The number of benzene rings is 1. The van der Waals surface area contributed by atoms with Crippen LogP contribution in [0.15, 0.2) is 30.3 Å². The van der Waals surface area contributed by atoms with Crippen molar-refractivity contribution >= 4 is 23.7 Å². The molecule has 0 spiro atoms. The van der Waals surface area contributed by atoms with E-state index in [9.17, 15) is 18.8 Å². The number of morpholine rings is 1. The van der Waals surface area contributed by atoms with E-state index in [0.717, 1.165) is 30.5 Å². The third kappa shape index (κ3) is 8.21. The van der Waals surface area contributed by atoms with Gasteiger partial charge in [0, 0.05) is 50.7 Å². The molecule has 0 aliphatic carbocycles. The SMILES string of the molecule is CC(=O)OCc1nc2c(cc1Cc1ccc(F)cc1)N(C(=O)CN1C[C@@H](C)N(C(=O)OC(C)(C)C)C[C@@H]1CN1C3CCC1COC3)[C@@H](C)CO2. The van der Waals surface area contributed by atoms with Crippen molar-refractivity contribution in [3.05, 3.63) is 53.0 Å². The average Bonchev–Trinajstić information content (AvgIpc) is 3.24. The molecule has 0 saturated carbocycles. The second-order valence-electron chi connectivity index (χ2n) is 15.1. The van der Waals surface area contributed by atoms with Gasteiger partial charge in [-0.1, -0.05) is 12.1 Å². The number of halogens is 1. The first-order valence-electron chi connectivity index (χ1n) is 17.7. The Morgan fingerprint density at radius 3 is 2.36 bits per heavy atom. The van der Waals surface area contributed by atoms with Gasteiger partial charge in [-0.15, -0.1) is 0 Å². The molecule has 272 valence electrons. The van der Waals surface area contributed by atoms with Crippen LogP contribution in [0.3, 0.4) is 0 Å². The van der Waals surface area contributed by atoms with Crippen LogP contribution in [-0.4, -0.2) is 119 Å². The maximum atomic E-state index is 14.5. The number of pyridine rings is 1. The molecular formula is C37H50FN5O7. The molecule has 13 heteroatoms. The van der Waals surface area contributed by atoms with Crippen LogP contribution >= 0.6 is 0 Å². The van der Waals surface area contributed by atoms with E-state index in [4.69, 9.17) is 23.9 Å². The minimum absolute atomic E-state index is 0.0585. The molecule has 5 heterocycles. The number of anilines is 1. The van der Waals surface area contributed by atoms with Crippen LogP contribution in [0.4, 0.5) is 14.9 Å². The summed E-state index contributed by atoms with van der Waals surface area (Å²) in [6, 6.07) is 8.20. The van der Waals surface area contributed by atoms with E-state index in [-0.39, 0.29) is 55.7 Å². The number of piperazine rings is 1. The monoisotopic (exact) mass is 695 g/mol. The minimum Gasteiger partial charge on any atom is -0.474 e. The summed E-state index contributed by atoms with van der Waals surface area (Å²) in [6.45, 7) is 14.3. The van der Waals surface area contributed by atoms with E-state index in [2.05, 4.69) is 9.80 Å².